The van der Waals surface area contributed by atoms with Crippen molar-refractivity contribution < 1.29 is 4.74 Å². The van der Waals surface area contributed by atoms with E-state index in [9.17, 15) is 0 Å². The summed E-state index contributed by atoms with van der Waals surface area (Å²) in [7, 11) is 0. The van der Waals surface area contributed by atoms with Crippen LogP contribution in [0, 0.1) is 11.8 Å². The molecule has 15 heavy (non-hydrogen) atoms. The zero-order chi connectivity index (χ0) is 11.3. The maximum atomic E-state index is 6.13. The first-order chi connectivity index (χ1) is 7.08. The Labute approximate surface area is 103 Å². The summed E-state index contributed by atoms with van der Waals surface area (Å²) in [4.78, 5) is 0. The highest BCUT2D eigenvalue weighted by molar-refractivity contribution is 9.09. The average molecular weight is 277 g/mol. The zero-order valence-electron chi connectivity index (χ0n) is 10.4. The van der Waals surface area contributed by atoms with Gasteiger partial charge < -0.3 is 4.74 Å². The Bertz CT molecular complexity index is 171. The van der Waals surface area contributed by atoms with Gasteiger partial charge >= 0.3 is 0 Å². The molecule has 0 aromatic heterocycles. The first-order valence-corrected chi connectivity index (χ1v) is 7.40. The van der Waals surface area contributed by atoms with E-state index < -0.39 is 0 Å². The van der Waals surface area contributed by atoms with Crippen LogP contribution in [0.4, 0.5) is 0 Å². The van der Waals surface area contributed by atoms with E-state index in [0.29, 0.717) is 0 Å². The Balaban J connectivity index is 2.33. The van der Waals surface area contributed by atoms with E-state index in [4.69, 9.17) is 4.74 Å². The van der Waals surface area contributed by atoms with Crippen molar-refractivity contribution in [3.63, 3.8) is 0 Å². The fourth-order valence-electron chi connectivity index (χ4n) is 2.12. The van der Waals surface area contributed by atoms with Crippen molar-refractivity contribution in [2.75, 3.05) is 11.9 Å². The van der Waals surface area contributed by atoms with E-state index in [2.05, 4.69) is 36.7 Å². The number of ether oxygens (including phenoxy) is 1. The van der Waals surface area contributed by atoms with E-state index in [1.807, 2.05) is 0 Å². The highest BCUT2D eigenvalue weighted by Crippen LogP contribution is 2.36. The molecule has 2 heteroatoms. The predicted octanol–water partition coefficient (Wildman–Crippen LogP) is 4.39. The number of rotatable bonds is 5. The predicted molar refractivity (Wildman–Crippen MR) is 69.6 cm³/mol. The van der Waals surface area contributed by atoms with Crippen molar-refractivity contribution in [2.24, 2.45) is 11.8 Å². The third-order valence-electron chi connectivity index (χ3n) is 3.53. The van der Waals surface area contributed by atoms with Crippen LogP contribution in [0.15, 0.2) is 0 Å². The minimum atomic E-state index is 0.154. The fraction of sp³-hybridized carbons (Fsp3) is 1.00. The van der Waals surface area contributed by atoms with Crippen molar-refractivity contribution in [1.29, 1.82) is 0 Å². The molecule has 0 saturated heterocycles. The maximum absolute atomic E-state index is 6.13. The second kappa shape index (κ2) is 6.24. The van der Waals surface area contributed by atoms with Crippen LogP contribution in [0.1, 0.15) is 52.9 Å². The molecule has 0 aliphatic heterocycles. The van der Waals surface area contributed by atoms with Gasteiger partial charge in [-0.1, -0.05) is 36.7 Å². The van der Waals surface area contributed by atoms with E-state index in [1.54, 1.807) is 0 Å². The van der Waals surface area contributed by atoms with E-state index >= 15 is 0 Å². The standard InChI is InChI=1S/C13H25BrO/c1-11(2)6-9-15-13(10-14)7-4-12(3)5-8-13/h11-12H,4-10H2,1-3H3. The first kappa shape index (κ1) is 13.5. The number of alkyl halides is 1. The molecule has 0 N–H and O–H groups in total. The molecule has 1 saturated carbocycles. The molecule has 1 fully saturated rings. The summed E-state index contributed by atoms with van der Waals surface area (Å²) in [6.45, 7) is 7.80. The van der Waals surface area contributed by atoms with Crippen molar-refractivity contribution >= 4 is 15.9 Å². The summed E-state index contributed by atoms with van der Waals surface area (Å²) in [5, 5.41) is 1.00. The SMILES string of the molecule is CC(C)CCOC1(CBr)CCC(C)CC1. The molecular formula is C13H25BrO. The quantitative estimate of drug-likeness (QED) is 0.677. The largest absolute Gasteiger partial charge is 0.374 e. The Morgan fingerprint density at radius 2 is 1.93 bits per heavy atom. The van der Waals surface area contributed by atoms with E-state index in [1.165, 1.54) is 32.1 Å². The molecule has 0 spiro atoms. The lowest BCUT2D eigenvalue weighted by atomic mass is 9.80. The van der Waals surface area contributed by atoms with Gasteiger partial charge in [0.1, 0.15) is 0 Å². The molecule has 1 aliphatic rings. The third kappa shape index (κ3) is 4.44. The van der Waals surface area contributed by atoms with Crippen LogP contribution < -0.4 is 0 Å². The smallest absolute Gasteiger partial charge is 0.0779 e. The molecule has 0 atom stereocenters. The van der Waals surface area contributed by atoms with E-state index in [-0.39, 0.29) is 5.60 Å². The maximum Gasteiger partial charge on any atom is 0.0779 e. The molecule has 0 aromatic carbocycles. The highest BCUT2D eigenvalue weighted by atomic mass is 79.9. The summed E-state index contributed by atoms with van der Waals surface area (Å²) < 4.78 is 6.13. The van der Waals surface area contributed by atoms with Crippen molar-refractivity contribution in [1.82, 2.24) is 0 Å². The Morgan fingerprint density at radius 1 is 1.33 bits per heavy atom. The fourth-order valence-corrected chi connectivity index (χ4v) is 2.84. The van der Waals surface area contributed by atoms with Crippen LogP contribution in [0.3, 0.4) is 0 Å². The lowest BCUT2D eigenvalue weighted by Crippen LogP contribution is -2.39. The van der Waals surface area contributed by atoms with Gasteiger partial charge in [-0.25, -0.2) is 0 Å². The van der Waals surface area contributed by atoms with Gasteiger partial charge in [0.15, 0.2) is 0 Å². The van der Waals surface area contributed by atoms with Crippen LogP contribution in [-0.4, -0.2) is 17.5 Å². The second-order valence-electron chi connectivity index (χ2n) is 5.53. The summed E-state index contributed by atoms with van der Waals surface area (Å²) in [5.74, 6) is 1.64. The van der Waals surface area contributed by atoms with Crippen LogP contribution >= 0.6 is 15.9 Å². The molecule has 0 bridgehead atoms. The van der Waals surface area contributed by atoms with Gasteiger partial charge in [-0.05, 0) is 43.9 Å². The van der Waals surface area contributed by atoms with Crippen LogP contribution in [0.2, 0.25) is 0 Å². The Hall–Kier alpha value is 0.440. The monoisotopic (exact) mass is 276 g/mol. The lowest BCUT2D eigenvalue weighted by Gasteiger charge is -2.38. The average Bonchev–Trinajstić information content (AvgIpc) is 2.21. The normalized spacial score (nSPS) is 32.2. The number of hydrogen-bond acceptors (Lipinski definition) is 1. The van der Waals surface area contributed by atoms with Gasteiger partial charge in [0, 0.05) is 11.9 Å². The topological polar surface area (TPSA) is 9.23 Å². The molecule has 0 radical (unpaired) electrons. The molecule has 1 aliphatic carbocycles. The summed E-state index contributed by atoms with van der Waals surface area (Å²) in [5.41, 5.74) is 0.154. The highest BCUT2D eigenvalue weighted by Gasteiger charge is 2.33. The molecule has 1 nitrogen and oxygen atoms in total. The minimum Gasteiger partial charge on any atom is -0.374 e. The van der Waals surface area contributed by atoms with Gasteiger partial charge in [0.05, 0.1) is 5.60 Å². The molecule has 1 rings (SSSR count). The minimum absolute atomic E-state index is 0.154. The first-order valence-electron chi connectivity index (χ1n) is 6.28. The van der Waals surface area contributed by atoms with Crippen LogP contribution in [0.25, 0.3) is 0 Å². The van der Waals surface area contributed by atoms with E-state index in [0.717, 1.165) is 23.8 Å². The van der Waals surface area contributed by atoms with Gasteiger partial charge in [-0.2, -0.15) is 0 Å². The second-order valence-corrected chi connectivity index (χ2v) is 6.09. The Kier molecular flexibility index (Phi) is 5.62. The molecular weight excluding hydrogens is 252 g/mol. The third-order valence-corrected chi connectivity index (χ3v) is 4.55. The summed E-state index contributed by atoms with van der Waals surface area (Å²) >= 11 is 3.63. The van der Waals surface area contributed by atoms with Crippen molar-refractivity contribution in [3.05, 3.63) is 0 Å². The van der Waals surface area contributed by atoms with Gasteiger partial charge in [-0.3, -0.25) is 0 Å². The van der Waals surface area contributed by atoms with Gasteiger partial charge in [-0.15, -0.1) is 0 Å². The zero-order valence-corrected chi connectivity index (χ0v) is 12.0. The Morgan fingerprint density at radius 3 is 2.40 bits per heavy atom. The molecule has 0 aromatic rings. The summed E-state index contributed by atoms with van der Waals surface area (Å²) in [6.07, 6.45) is 6.31. The van der Waals surface area contributed by atoms with Gasteiger partial charge in [0.2, 0.25) is 0 Å². The number of halogens is 1. The number of hydrogen-bond donors (Lipinski definition) is 0. The summed E-state index contributed by atoms with van der Waals surface area (Å²) in [6, 6.07) is 0. The van der Waals surface area contributed by atoms with Crippen molar-refractivity contribution in [2.45, 2.75) is 58.5 Å². The molecule has 0 amide bonds. The molecule has 0 unspecified atom stereocenters. The lowest BCUT2D eigenvalue weighted by molar-refractivity contribution is -0.0619. The molecule has 0 heterocycles. The van der Waals surface area contributed by atoms with Gasteiger partial charge in [0.25, 0.3) is 0 Å². The molecule has 90 valence electrons. The van der Waals surface area contributed by atoms with Crippen molar-refractivity contribution in [3.8, 4) is 0 Å². The van der Waals surface area contributed by atoms with Crippen LogP contribution in [-0.2, 0) is 4.74 Å². The van der Waals surface area contributed by atoms with Crippen LogP contribution in [0.5, 0.6) is 0 Å².